The molecule has 0 unspecified atom stereocenters. The maximum atomic E-state index is 12.1. The molecule has 0 aliphatic carbocycles. The largest absolute Gasteiger partial charge is 0.460 e. The number of rotatable bonds is 4. The molecule has 0 bridgehead atoms. The summed E-state index contributed by atoms with van der Waals surface area (Å²) >= 11 is 0. The van der Waals surface area contributed by atoms with E-state index in [9.17, 15) is 4.79 Å². The SMILES string of the molecule is CCN1CCN(c2ccc(N)c(CC(=O)OC(C)(C)C)c2)CC1. The van der Waals surface area contributed by atoms with E-state index < -0.39 is 5.60 Å². The summed E-state index contributed by atoms with van der Waals surface area (Å²) in [7, 11) is 0. The van der Waals surface area contributed by atoms with Gasteiger partial charge < -0.3 is 20.3 Å². The Kier molecular flexibility index (Phi) is 5.52. The summed E-state index contributed by atoms with van der Waals surface area (Å²) in [6.45, 7) is 13.1. The minimum Gasteiger partial charge on any atom is -0.460 e. The van der Waals surface area contributed by atoms with Crippen LogP contribution in [-0.4, -0.2) is 49.2 Å². The van der Waals surface area contributed by atoms with Crippen LogP contribution in [0.3, 0.4) is 0 Å². The second-order valence-electron chi connectivity index (χ2n) is 7.07. The van der Waals surface area contributed by atoms with Crippen LogP contribution in [0.25, 0.3) is 0 Å². The molecule has 0 atom stereocenters. The molecule has 1 saturated heterocycles. The van der Waals surface area contributed by atoms with Crippen LogP contribution in [0.5, 0.6) is 0 Å². The van der Waals surface area contributed by atoms with Gasteiger partial charge in [0.05, 0.1) is 6.42 Å². The number of carbonyl (C=O) groups is 1. The third-order valence-electron chi connectivity index (χ3n) is 4.07. The summed E-state index contributed by atoms with van der Waals surface area (Å²) in [6.07, 6.45) is 0.214. The Labute approximate surface area is 139 Å². The van der Waals surface area contributed by atoms with Crippen molar-refractivity contribution in [2.24, 2.45) is 0 Å². The van der Waals surface area contributed by atoms with Gasteiger partial charge in [0.25, 0.3) is 0 Å². The zero-order valence-corrected chi connectivity index (χ0v) is 14.8. The van der Waals surface area contributed by atoms with Crippen LogP contribution in [0.1, 0.15) is 33.3 Å². The summed E-state index contributed by atoms with van der Waals surface area (Å²) in [4.78, 5) is 16.8. The number of benzene rings is 1. The van der Waals surface area contributed by atoms with Crippen LogP contribution < -0.4 is 10.6 Å². The second-order valence-corrected chi connectivity index (χ2v) is 7.07. The lowest BCUT2D eigenvalue weighted by atomic mass is 10.1. The van der Waals surface area contributed by atoms with Gasteiger partial charge in [-0.1, -0.05) is 6.92 Å². The lowest BCUT2D eigenvalue weighted by Crippen LogP contribution is -2.46. The Hall–Kier alpha value is -1.75. The van der Waals surface area contributed by atoms with Gasteiger partial charge in [-0.2, -0.15) is 0 Å². The predicted molar refractivity (Wildman–Crippen MR) is 94.7 cm³/mol. The molecule has 23 heavy (non-hydrogen) atoms. The minimum absolute atomic E-state index is 0.214. The Balaban J connectivity index is 2.06. The molecule has 1 aliphatic heterocycles. The summed E-state index contributed by atoms with van der Waals surface area (Å²) in [5.41, 5.74) is 8.19. The number of likely N-dealkylation sites (N-methyl/N-ethyl adjacent to an activating group) is 1. The number of anilines is 2. The van der Waals surface area contributed by atoms with Crippen molar-refractivity contribution < 1.29 is 9.53 Å². The molecule has 0 saturated carbocycles. The van der Waals surface area contributed by atoms with E-state index in [0.717, 1.165) is 44.0 Å². The molecule has 1 aliphatic rings. The molecule has 1 fully saturated rings. The highest BCUT2D eigenvalue weighted by atomic mass is 16.6. The zero-order chi connectivity index (χ0) is 17.0. The lowest BCUT2D eigenvalue weighted by molar-refractivity contribution is -0.153. The van der Waals surface area contributed by atoms with Crippen molar-refractivity contribution in [1.82, 2.24) is 4.90 Å². The van der Waals surface area contributed by atoms with Crippen LogP contribution in [0.4, 0.5) is 11.4 Å². The van der Waals surface area contributed by atoms with Crippen LogP contribution in [0.2, 0.25) is 0 Å². The first-order valence-corrected chi connectivity index (χ1v) is 8.36. The van der Waals surface area contributed by atoms with E-state index in [4.69, 9.17) is 10.5 Å². The molecule has 1 heterocycles. The van der Waals surface area contributed by atoms with Gasteiger partial charge >= 0.3 is 5.97 Å². The number of nitrogens with two attached hydrogens (primary N) is 1. The van der Waals surface area contributed by atoms with E-state index in [0.29, 0.717) is 5.69 Å². The fourth-order valence-corrected chi connectivity index (χ4v) is 2.80. The summed E-state index contributed by atoms with van der Waals surface area (Å²) < 4.78 is 5.40. The first kappa shape index (κ1) is 17.6. The molecule has 128 valence electrons. The van der Waals surface area contributed by atoms with Gasteiger partial charge in [-0.3, -0.25) is 4.79 Å². The first-order valence-electron chi connectivity index (χ1n) is 8.36. The highest BCUT2D eigenvalue weighted by Gasteiger charge is 2.19. The Morgan fingerprint density at radius 2 is 1.87 bits per heavy atom. The quantitative estimate of drug-likeness (QED) is 0.681. The number of piperazine rings is 1. The van der Waals surface area contributed by atoms with Crippen LogP contribution in [0.15, 0.2) is 18.2 Å². The van der Waals surface area contributed by atoms with Crippen molar-refractivity contribution >= 4 is 17.3 Å². The van der Waals surface area contributed by atoms with Gasteiger partial charge in [-0.15, -0.1) is 0 Å². The number of ether oxygens (including phenoxy) is 1. The van der Waals surface area contributed by atoms with E-state index in [-0.39, 0.29) is 12.4 Å². The maximum absolute atomic E-state index is 12.1. The summed E-state index contributed by atoms with van der Waals surface area (Å²) in [5.74, 6) is -0.239. The molecule has 5 nitrogen and oxygen atoms in total. The molecule has 2 rings (SSSR count). The highest BCUT2D eigenvalue weighted by molar-refractivity contribution is 5.76. The van der Waals surface area contributed by atoms with Crippen LogP contribution >= 0.6 is 0 Å². The van der Waals surface area contributed by atoms with Gasteiger partial charge in [0, 0.05) is 37.6 Å². The molecular formula is C18H29N3O2. The summed E-state index contributed by atoms with van der Waals surface area (Å²) in [6, 6.07) is 5.96. The summed E-state index contributed by atoms with van der Waals surface area (Å²) in [5, 5.41) is 0. The Morgan fingerprint density at radius 3 is 2.43 bits per heavy atom. The van der Waals surface area contributed by atoms with Crippen molar-refractivity contribution in [3.63, 3.8) is 0 Å². The maximum Gasteiger partial charge on any atom is 0.310 e. The second kappa shape index (κ2) is 7.21. The first-order chi connectivity index (χ1) is 10.8. The van der Waals surface area contributed by atoms with Crippen LogP contribution in [-0.2, 0) is 16.0 Å². The number of esters is 1. The zero-order valence-electron chi connectivity index (χ0n) is 14.8. The minimum atomic E-state index is -0.472. The number of nitrogens with zero attached hydrogens (tertiary/aromatic N) is 2. The molecule has 2 N–H and O–H groups in total. The topological polar surface area (TPSA) is 58.8 Å². The van der Waals surface area contributed by atoms with E-state index >= 15 is 0 Å². The predicted octanol–water partition coefficient (Wildman–Crippen LogP) is 2.29. The van der Waals surface area contributed by atoms with E-state index in [1.165, 1.54) is 0 Å². The Bertz CT molecular complexity index is 544. The molecular weight excluding hydrogens is 290 g/mol. The van der Waals surface area contributed by atoms with Gasteiger partial charge in [-0.25, -0.2) is 0 Å². The van der Waals surface area contributed by atoms with Crippen molar-refractivity contribution in [3.05, 3.63) is 23.8 Å². The average molecular weight is 319 g/mol. The molecule has 0 spiro atoms. The van der Waals surface area contributed by atoms with E-state index in [1.54, 1.807) is 0 Å². The molecule has 5 heteroatoms. The lowest BCUT2D eigenvalue weighted by Gasteiger charge is -2.35. The van der Waals surface area contributed by atoms with E-state index in [1.807, 2.05) is 39.0 Å². The van der Waals surface area contributed by atoms with E-state index in [2.05, 4.69) is 16.7 Å². The van der Waals surface area contributed by atoms with Gasteiger partial charge in [0.15, 0.2) is 0 Å². The third kappa shape index (κ3) is 5.13. The molecule has 0 aromatic heterocycles. The van der Waals surface area contributed by atoms with Gasteiger partial charge in [-0.05, 0) is 51.1 Å². The molecule has 1 aromatic carbocycles. The van der Waals surface area contributed by atoms with Gasteiger partial charge in [0.2, 0.25) is 0 Å². The monoisotopic (exact) mass is 319 g/mol. The molecule has 0 amide bonds. The third-order valence-corrected chi connectivity index (χ3v) is 4.07. The van der Waals surface area contributed by atoms with Crippen molar-refractivity contribution in [3.8, 4) is 0 Å². The number of hydrogen-bond donors (Lipinski definition) is 1. The molecule has 1 aromatic rings. The fraction of sp³-hybridized carbons (Fsp3) is 0.611. The standard InChI is InChI=1S/C18H29N3O2/c1-5-20-8-10-21(11-9-20)15-6-7-16(19)14(12-15)13-17(22)23-18(2,3)4/h6-7,12H,5,8-11,13,19H2,1-4H3. The van der Waals surface area contributed by atoms with Crippen molar-refractivity contribution in [1.29, 1.82) is 0 Å². The number of nitrogen functional groups attached to an aromatic ring is 1. The average Bonchev–Trinajstić information content (AvgIpc) is 2.48. The van der Waals surface area contributed by atoms with Gasteiger partial charge in [0.1, 0.15) is 5.60 Å². The number of carbonyl (C=O) groups excluding carboxylic acids is 1. The smallest absolute Gasteiger partial charge is 0.310 e. The fourth-order valence-electron chi connectivity index (χ4n) is 2.80. The van der Waals surface area contributed by atoms with Crippen LogP contribution in [0, 0.1) is 0 Å². The van der Waals surface area contributed by atoms with Crippen molar-refractivity contribution in [2.45, 2.75) is 39.7 Å². The highest BCUT2D eigenvalue weighted by Crippen LogP contribution is 2.24. The van der Waals surface area contributed by atoms with Crippen molar-refractivity contribution in [2.75, 3.05) is 43.4 Å². The molecule has 0 radical (unpaired) electrons. The number of hydrogen-bond acceptors (Lipinski definition) is 5. The Morgan fingerprint density at radius 1 is 1.22 bits per heavy atom. The normalized spacial score (nSPS) is 16.4.